The number of piperazine rings is 1. The zero-order valence-electron chi connectivity index (χ0n) is 26.2. The average molecular weight is 674 g/mol. The highest BCUT2D eigenvalue weighted by atomic mass is 35.5. The van der Waals surface area contributed by atoms with Crippen LogP contribution in [0.3, 0.4) is 0 Å². The van der Waals surface area contributed by atoms with Crippen LogP contribution in [0.15, 0.2) is 48.7 Å². The van der Waals surface area contributed by atoms with Crippen LogP contribution in [0, 0.1) is 16.7 Å². The van der Waals surface area contributed by atoms with E-state index >= 15 is 0 Å². The average Bonchev–Trinajstić information content (AvgIpc) is 3.58. The third kappa shape index (κ3) is 5.16. The molecule has 10 nitrogen and oxygen atoms in total. The smallest absolute Gasteiger partial charge is 0.337 e. The molecular weight excluding hydrogens is 639 g/mol. The van der Waals surface area contributed by atoms with E-state index < -0.39 is 11.8 Å². The number of para-hydroxylation sites is 1. The number of aromatic nitrogens is 3. The van der Waals surface area contributed by atoms with Gasteiger partial charge in [0.15, 0.2) is 11.5 Å². The summed E-state index contributed by atoms with van der Waals surface area (Å²) in [6.07, 6.45) is 6.22. The lowest BCUT2D eigenvalue weighted by molar-refractivity contribution is -0.0717. The lowest BCUT2D eigenvalue weighted by Gasteiger charge is -2.54. The third-order valence-electron chi connectivity index (χ3n) is 10.3. The summed E-state index contributed by atoms with van der Waals surface area (Å²) < 4.78 is 20.1. The first-order valence-corrected chi connectivity index (χ1v) is 16.7. The van der Waals surface area contributed by atoms with E-state index in [1.165, 1.54) is 7.11 Å². The molecule has 0 spiro atoms. The van der Waals surface area contributed by atoms with Gasteiger partial charge in [-0.1, -0.05) is 29.3 Å². The van der Waals surface area contributed by atoms with E-state index in [0.717, 1.165) is 61.6 Å². The lowest BCUT2D eigenvalue weighted by atomic mass is 9.81. The normalized spacial score (nSPS) is 24.0. The molecule has 4 aromatic rings. The Morgan fingerprint density at radius 2 is 1.96 bits per heavy atom. The quantitative estimate of drug-likeness (QED) is 0.189. The largest absolute Gasteiger partial charge is 0.465 e. The summed E-state index contributed by atoms with van der Waals surface area (Å²) >= 11 is 12.8. The molecule has 2 aromatic carbocycles. The van der Waals surface area contributed by atoms with Gasteiger partial charge < -0.3 is 23.7 Å². The van der Waals surface area contributed by atoms with Crippen molar-refractivity contribution in [2.24, 2.45) is 5.41 Å². The Labute approximate surface area is 282 Å². The van der Waals surface area contributed by atoms with Crippen LogP contribution in [0.5, 0.6) is 11.5 Å². The number of imidazole rings is 1. The standard InChI is InChI=1S/C35H34Cl2N6O4/c1-34(29-9-6-22(36)18-39-29)46-28-5-3-4-26(32(28)47-34)42-15-14-41(24-7-8-25(24)42)19-30-40-31-23(37)16-21(33(44)45-2)17-27(31)43(30)20-35(10-11-35)12-13-38/h3-6,9,16-18,24-25H,7-8,10-12,14-15,19-20H2,1-2H3/t24-,25-,34-/m0/s1. The maximum Gasteiger partial charge on any atom is 0.337 e. The van der Waals surface area contributed by atoms with Crippen LogP contribution in [0.4, 0.5) is 5.69 Å². The first kappa shape index (κ1) is 30.3. The van der Waals surface area contributed by atoms with Gasteiger partial charge in [0, 0.05) is 56.7 Å². The van der Waals surface area contributed by atoms with Crippen molar-refractivity contribution in [1.82, 2.24) is 19.4 Å². The van der Waals surface area contributed by atoms with E-state index in [1.54, 1.807) is 18.3 Å². The molecule has 8 rings (SSSR count). The number of carbonyl (C=O) groups is 1. The summed E-state index contributed by atoms with van der Waals surface area (Å²) in [4.78, 5) is 27.0. The number of ether oxygens (including phenoxy) is 3. The number of hydrogen-bond acceptors (Lipinski definition) is 9. The molecule has 242 valence electrons. The summed E-state index contributed by atoms with van der Waals surface area (Å²) in [7, 11) is 1.36. The van der Waals surface area contributed by atoms with Crippen LogP contribution in [0.2, 0.25) is 10.0 Å². The second-order valence-corrected chi connectivity index (χ2v) is 14.1. The molecule has 0 bridgehead atoms. The number of carbonyl (C=O) groups excluding carboxylic acids is 1. The molecule has 3 fully saturated rings. The zero-order valence-corrected chi connectivity index (χ0v) is 27.7. The Hall–Kier alpha value is -4.04. The fourth-order valence-corrected chi connectivity index (χ4v) is 7.79. The maximum absolute atomic E-state index is 12.5. The Morgan fingerprint density at radius 3 is 2.66 bits per heavy atom. The molecule has 12 heteroatoms. The number of fused-ring (bicyclic) bond motifs is 3. The van der Waals surface area contributed by atoms with Crippen molar-refractivity contribution in [2.45, 2.75) is 70.0 Å². The van der Waals surface area contributed by atoms with E-state index in [1.807, 2.05) is 31.2 Å². The minimum absolute atomic E-state index is 0.0750. The van der Waals surface area contributed by atoms with E-state index in [2.05, 4.69) is 31.5 Å². The van der Waals surface area contributed by atoms with Crippen LogP contribution in [-0.4, -0.2) is 57.7 Å². The molecule has 0 amide bonds. The SMILES string of the molecule is COC(=O)c1cc(Cl)c2nc(CN3CCN(c4cccc5c4O[C@@](C)(c4ccc(Cl)cn4)O5)[C@H]4CC[C@@H]43)n(CC3(CC#N)CC3)c2c1. The van der Waals surface area contributed by atoms with Crippen LogP contribution < -0.4 is 14.4 Å². The van der Waals surface area contributed by atoms with Gasteiger partial charge in [-0.05, 0) is 62.1 Å². The van der Waals surface area contributed by atoms with Crippen molar-refractivity contribution in [3.8, 4) is 17.6 Å². The van der Waals surface area contributed by atoms with Crippen molar-refractivity contribution in [2.75, 3.05) is 25.1 Å². The van der Waals surface area contributed by atoms with Gasteiger partial charge in [0.25, 0.3) is 5.79 Å². The van der Waals surface area contributed by atoms with Gasteiger partial charge in [0.2, 0.25) is 0 Å². The van der Waals surface area contributed by atoms with Crippen molar-refractivity contribution < 1.29 is 19.0 Å². The second-order valence-electron chi connectivity index (χ2n) is 13.3. The predicted octanol–water partition coefficient (Wildman–Crippen LogP) is 6.72. The van der Waals surface area contributed by atoms with Gasteiger partial charge in [0.1, 0.15) is 17.0 Å². The van der Waals surface area contributed by atoms with E-state index in [4.69, 9.17) is 42.4 Å². The number of halogens is 2. The first-order valence-electron chi connectivity index (χ1n) is 16.0. The highest BCUT2D eigenvalue weighted by Crippen LogP contribution is 2.52. The number of benzene rings is 2. The number of methoxy groups -OCH3 is 1. The van der Waals surface area contributed by atoms with Gasteiger partial charge in [-0.15, -0.1) is 0 Å². The van der Waals surface area contributed by atoms with Gasteiger partial charge in [-0.2, -0.15) is 5.26 Å². The monoisotopic (exact) mass is 672 g/mol. The lowest BCUT2D eigenvalue weighted by Crippen LogP contribution is -2.64. The van der Waals surface area contributed by atoms with Crippen LogP contribution in [0.25, 0.3) is 11.0 Å². The Kier molecular flexibility index (Phi) is 7.28. The van der Waals surface area contributed by atoms with Crippen LogP contribution in [-0.2, 0) is 23.6 Å². The summed E-state index contributed by atoms with van der Waals surface area (Å²) in [5.41, 5.74) is 3.46. The molecule has 2 saturated carbocycles. The van der Waals surface area contributed by atoms with E-state index in [-0.39, 0.29) is 5.41 Å². The first-order chi connectivity index (χ1) is 22.7. The number of pyridine rings is 1. The van der Waals surface area contributed by atoms with Crippen LogP contribution in [0.1, 0.15) is 60.9 Å². The molecule has 0 unspecified atom stereocenters. The number of nitrogens with zero attached hydrogens (tertiary/aromatic N) is 6. The van der Waals surface area contributed by atoms with Crippen molar-refractivity contribution in [3.63, 3.8) is 0 Å². The van der Waals surface area contributed by atoms with Gasteiger partial charge in [0.05, 0.1) is 46.5 Å². The second kappa shape index (κ2) is 11.3. The Morgan fingerprint density at radius 1 is 1.13 bits per heavy atom. The van der Waals surface area contributed by atoms with E-state index in [9.17, 15) is 10.1 Å². The highest BCUT2D eigenvalue weighted by molar-refractivity contribution is 6.35. The molecule has 2 aromatic heterocycles. The summed E-state index contributed by atoms with van der Waals surface area (Å²) in [5, 5.41) is 10.5. The topological polar surface area (TPSA) is 106 Å². The molecule has 2 aliphatic carbocycles. The van der Waals surface area contributed by atoms with Gasteiger partial charge in [-0.25, -0.2) is 9.78 Å². The Bertz CT molecular complexity index is 1940. The minimum Gasteiger partial charge on any atom is -0.465 e. The molecule has 4 aliphatic rings. The molecule has 3 atom stereocenters. The highest BCUT2D eigenvalue weighted by Gasteiger charge is 2.48. The number of esters is 1. The minimum atomic E-state index is -1.05. The summed E-state index contributed by atoms with van der Waals surface area (Å²) in [6.45, 7) is 4.82. The molecule has 0 radical (unpaired) electrons. The van der Waals surface area contributed by atoms with E-state index in [0.29, 0.717) is 64.2 Å². The van der Waals surface area contributed by atoms with Crippen molar-refractivity contribution in [3.05, 3.63) is 75.8 Å². The Balaban J connectivity index is 1.07. The number of hydrogen-bond donors (Lipinski definition) is 0. The fraction of sp³-hybridized carbons (Fsp3) is 0.429. The van der Waals surface area contributed by atoms with Crippen molar-refractivity contribution in [1.29, 1.82) is 5.26 Å². The maximum atomic E-state index is 12.5. The zero-order chi connectivity index (χ0) is 32.5. The number of anilines is 1. The van der Waals surface area contributed by atoms with Crippen LogP contribution >= 0.6 is 23.2 Å². The molecule has 4 heterocycles. The predicted molar refractivity (Wildman–Crippen MR) is 177 cm³/mol. The fourth-order valence-electron chi connectivity index (χ4n) is 7.42. The molecule has 2 aliphatic heterocycles. The number of rotatable bonds is 8. The summed E-state index contributed by atoms with van der Waals surface area (Å²) in [5.74, 6) is 0.832. The summed E-state index contributed by atoms with van der Waals surface area (Å²) in [6, 6.07) is 16.1. The van der Waals surface area contributed by atoms with Crippen molar-refractivity contribution >= 4 is 45.9 Å². The van der Waals surface area contributed by atoms with Gasteiger partial charge >= 0.3 is 5.97 Å². The molecule has 1 saturated heterocycles. The van der Waals surface area contributed by atoms with Gasteiger partial charge in [-0.3, -0.25) is 9.88 Å². The molecular formula is C35H34Cl2N6O4. The molecule has 47 heavy (non-hydrogen) atoms. The number of nitriles is 1. The molecule has 0 N–H and O–H groups in total. The third-order valence-corrected chi connectivity index (χ3v) is 10.8.